The van der Waals surface area contributed by atoms with Gasteiger partial charge in [0.2, 0.25) is 11.8 Å². The van der Waals surface area contributed by atoms with Gasteiger partial charge in [-0.05, 0) is 39.7 Å². The third kappa shape index (κ3) is 3.03. The van der Waals surface area contributed by atoms with E-state index in [0.29, 0.717) is 18.3 Å². The molecule has 118 valence electrons. The molecule has 1 saturated heterocycles. The number of likely N-dealkylation sites (tertiary alicyclic amines) is 1. The zero-order valence-corrected chi connectivity index (χ0v) is 13.2. The molecule has 1 atom stereocenters. The van der Waals surface area contributed by atoms with Crippen molar-refractivity contribution in [3.05, 3.63) is 29.2 Å². The maximum Gasteiger partial charge on any atom is 0.244 e. The van der Waals surface area contributed by atoms with Gasteiger partial charge in [0, 0.05) is 18.8 Å². The average Bonchev–Trinajstić information content (AvgIpc) is 3.05. The lowest BCUT2D eigenvalue weighted by Crippen LogP contribution is -2.41. The first-order valence-electron chi connectivity index (χ1n) is 7.62. The molecule has 3 heterocycles. The number of carbonyl (C=O) groups is 1. The number of aromatic nitrogens is 4. The van der Waals surface area contributed by atoms with Crippen molar-refractivity contribution in [1.29, 1.82) is 0 Å². The van der Waals surface area contributed by atoms with Gasteiger partial charge in [0.25, 0.3) is 0 Å². The molecule has 0 N–H and O–H groups in total. The van der Waals surface area contributed by atoms with Crippen molar-refractivity contribution in [2.24, 2.45) is 0 Å². The lowest BCUT2D eigenvalue weighted by molar-refractivity contribution is -0.133. The van der Waals surface area contributed by atoms with Crippen LogP contribution in [0.15, 0.2) is 10.6 Å². The van der Waals surface area contributed by atoms with E-state index in [-0.39, 0.29) is 18.4 Å². The van der Waals surface area contributed by atoms with E-state index in [4.69, 9.17) is 4.52 Å². The molecule has 1 unspecified atom stereocenters. The highest BCUT2D eigenvalue weighted by atomic mass is 16.5. The Balaban J connectivity index is 1.66. The molecule has 3 rings (SSSR count). The summed E-state index contributed by atoms with van der Waals surface area (Å²) in [6.45, 7) is 7.41. The van der Waals surface area contributed by atoms with E-state index < -0.39 is 0 Å². The van der Waals surface area contributed by atoms with E-state index in [2.05, 4.69) is 15.2 Å². The van der Waals surface area contributed by atoms with E-state index in [9.17, 15) is 4.79 Å². The van der Waals surface area contributed by atoms with Crippen LogP contribution >= 0.6 is 0 Å². The molecule has 0 aromatic carbocycles. The molecule has 0 spiro atoms. The Kier molecular flexibility index (Phi) is 3.96. The Hall–Kier alpha value is -2.18. The van der Waals surface area contributed by atoms with E-state index in [1.54, 1.807) is 4.68 Å². The topological polar surface area (TPSA) is 77.0 Å². The van der Waals surface area contributed by atoms with Crippen LogP contribution in [0.1, 0.15) is 41.9 Å². The molecular formula is C15H21N5O2. The zero-order valence-electron chi connectivity index (χ0n) is 13.2. The molecule has 2 aromatic heterocycles. The number of piperidine rings is 1. The average molecular weight is 303 g/mol. The first-order valence-corrected chi connectivity index (χ1v) is 7.62. The van der Waals surface area contributed by atoms with Crippen LogP contribution in [0, 0.1) is 20.8 Å². The quantitative estimate of drug-likeness (QED) is 0.860. The summed E-state index contributed by atoms with van der Waals surface area (Å²) >= 11 is 0. The van der Waals surface area contributed by atoms with Crippen LogP contribution in [0.25, 0.3) is 0 Å². The fourth-order valence-electron chi connectivity index (χ4n) is 2.95. The predicted octanol–water partition coefficient (Wildman–Crippen LogP) is 1.60. The Morgan fingerprint density at radius 1 is 1.41 bits per heavy atom. The minimum Gasteiger partial charge on any atom is -0.340 e. The fraction of sp³-hybridized carbons (Fsp3) is 0.600. The van der Waals surface area contributed by atoms with Gasteiger partial charge in [0.15, 0.2) is 5.82 Å². The van der Waals surface area contributed by atoms with Crippen LogP contribution < -0.4 is 0 Å². The highest BCUT2D eigenvalue weighted by Gasteiger charge is 2.28. The fourth-order valence-corrected chi connectivity index (χ4v) is 2.95. The van der Waals surface area contributed by atoms with Gasteiger partial charge >= 0.3 is 0 Å². The Morgan fingerprint density at radius 2 is 2.23 bits per heavy atom. The van der Waals surface area contributed by atoms with Gasteiger partial charge in [-0.15, -0.1) is 0 Å². The van der Waals surface area contributed by atoms with Gasteiger partial charge in [0.1, 0.15) is 6.54 Å². The van der Waals surface area contributed by atoms with Crippen molar-refractivity contribution in [3.63, 3.8) is 0 Å². The molecule has 0 bridgehead atoms. The molecular weight excluding hydrogens is 282 g/mol. The zero-order chi connectivity index (χ0) is 15.7. The molecule has 1 fully saturated rings. The molecule has 1 amide bonds. The SMILES string of the molecule is Cc1cc(C)n(CC(=O)N2CCCC(c3nc(C)no3)C2)n1. The molecule has 0 aliphatic carbocycles. The highest BCUT2D eigenvalue weighted by molar-refractivity contribution is 5.76. The third-order valence-electron chi connectivity index (χ3n) is 4.06. The molecule has 7 nitrogen and oxygen atoms in total. The van der Waals surface area contributed by atoms with E-state index >= 15 is 0 Å². The largest absolute Gasteiger partial charge is 0.340 e. The van der Waals surface area contributed by atoms with Crippen molar-refractivity contribution in [2.45, 2.75) is 46.1 Å². The summed E-state index contributed by atoms with van der Waals surface area (Å²) in [5.74, 6) is 1.51. The van der Waals surface area contributed by atoms with E-state index in [1.165, 1.54) is 0 Å². The van der Waals surface area contributed by atoms with Crippen molar-refractivity contribution in [1.82, 2.24) is 24.8 Å². The first kappa shape index (κ1) is 14.7. The van der Waals surface area contributed by atoms with Crippen molar-refractivity contribution in [2.75, 3.05) is 13.1 Å². The second-order valence-corrected chi connectivity index (χ2v) is 5.94. The summed E-state index contributed by atoms with van der Waals surface area (Å²) in [7, 11) is 0. The summed E-state index contributed by atoms with van der Waals surface area (Å²) in [4.78, 5) is 18.7. The number of nitrogens with zero attached hydrogens (tertiary/aromatic N) is 5. The second-order valence-electron chi connectivity index (χ2n) is 5.94. The number of aryl methyl sites for hydroxylation is 3. The highest BCUT2D eigenvalue weighted by Crippen LogP contribution is 2.25. The Labute approximate surface area is 129 Å². The van der Waals surface area contributed by atoms with Crippen molar-refractivity contribution >= 4 is 5.91 Å². The second kappa shape index (κ2) is 5.90. The maximum absolute atomic E-state index is 12.5. The lowest BCUT2D eigenvalue weighted by Gasteiger charge is -2.31. The summed E-state index contributed by atoms with van der Waals surface area (Å²) < 4.78 is 7.02. The van der Waals surface area contributed by atoms with E-state index in [0.717, 1.165) is 30.8 Å². The molecule has 22 heavy (non-hydrogen) atoms. The molecule has 0 saturated carbocycles. The van der Waals surface area contributed by atoms with Gasteiger partial charge in [-0.25, -0.2) is 0 Å². The van der Waals surface area contributed by atoms with Crippen molar-refractivity contribution in [3.8, 4) is 0 Å². The molecule has 7 heteroatoms. The minimum atomic E-state index is 0.0899. The van der Waals surface area contributed by atoms with Crippen LogP contribution in [0.2, 0.25) is 0 Å². The van der Waals surface area contributed by atoms with Gasteiger partial charge < -0.3 is 9.42 Å². The van der Waals surface area contributed by atoms with Crippen LogP contribution in [0.3, 0.4) is 0 Å². The summed E-state index contributed by atoms with van der Waals surface area (Å²) in [6, 6.07) is 1.98. The Bertz CT molecular complexity index is 675. The van der Waals surface area contributed by atoms with Crippen LogP contribution in [0.5, 0.6) is 0 Å². The van der Waals surface area contributed by atoms with Gasteiger partial charge in [-0.1, -0.05) is 5.16 Å². The smallest absolute Gasteiger partial charge is 0.244 e. The standard InChI is InChI=1S/C15H21N5O2/c1-10-7-11(2)20(17-10)9-14(21)19-6-4-5-13(8-19)15-16-12(3)18-22-15/h7,13H,4-6,8-9H2,1-3H3. The number of hydrogen-bond donors (Lipinski definition) is 0. The predicted molar refractivity (Wildman–Crippen MR) is 79.3 cm³/mol. The number of rotatable bonds is 3. The molecule has 1 aliphatic heterocycles. The summed E-state index contributed by atoms with van der Waals surface area (Å²) in [6.07, 6.45) is 1.93. The van der Waals surface area contributed by atoms with Crippen LogP contribution in [-0.4, -0.2) is 43.8 Å². The van der Waals surface area contributed by atoms with Gasteiger partial charge in [-0.2, -0.15) is 10.1 Å². The number of hydrogen-bond acceptors (Lipinski definition) is 5. The third-order valence-corrected chi connectivity index (χ3v) is 4.06. The lowest BCUT2D eigenvalue weighted by atomic mass is 9.98. The van der Waals surface area contributed by atoms with Crippen LogP contribution in [0.4, 0.5) is 0 Å². The Morgan fingerprint density at radius 3 is 2.86 bits per heavy atom. The normalized spacial score (nSPS) is 18.7. The van der Waals surface area contributed by atoms with E-state index in [1.807, 2.05) is 31.7 Å². The van der Waals surface area contributed by atoms with Crippen LogP contribution in [-0.2, 0) is 11.3 Å². The first-order chi connectivity index (χ1) is 10.5. The molecule has 1 aliphatic rings. The van der Waals surface area contributed by atoms with Crippen molar-refractivity contribution < 1.29 is 9.32 Å². The summed E-state index contributed by atoms with van der Waals surface area (Å²) in [5, 5.41) is 8.19. The number of carbonyl (C=O) groups excluding carboxylic acids is 1. The monoisotopic (exact) mass is 303 g/mol. The van der Waals surface area contributed by atoms with Gasteiger partial charge in [0.05, 0.1) is 11.6 Å². The minimum absolute atomic E-state index is 0.0899. The number of amides is 1. The summed E-state index contributed by atoms with van der Waals surface area (Å²) in [5.41, 5.74) is 1.94. The molecule has 0 radical (unpaired) electrons. The maximum atomic E-state index is 12.5. The molecule has 2 aromatic rings. The van der Waals surface area contributed by atoms with Gasteiger partial charge in [-0.3, -0.25) is 9.48 Å².